The van der Waals surface area contributed by atoms with Gasteiger partial charge in [-0.25, -0.2) is 14.4 Å². The fourth-order valence-electron chi connectivity index (χ4n) is 2.65. The molecule has 3 rings (SSSR count). The molecule has 0 atom stereocenters. The van der Waals surface area contributed by atoms with Gasteiger partial charge < -0.3 is 10.6 Å². The largest absolute Gasteiger partial charge is 0.340 e. The van der Waals surface area contributed by atoms with Gasteiger partial charge in [-0.15, -0.1) is 0 Å². The Morgan fingerprint density at radius 1 is 0.840 bits per heavy atom. The molecule has 5 heteroatoms. The summed E-state index contributed by atoms with van der Waals surface area (Å²) in [6, 6.07) is 16.4. The van der Waals surface area contributed by atoms with Gasteiger partial charge in [0.1, 0.15) is 23.3 Å². The van der Waals surface area contributed by atoms with Gasteiger partial charge in [0.05, 0.1) is 5.69 Å². The summed E-state index contributed by atoms with van der Waals surface area (Å²) in [6.45, 7) is 6.11. The van der Waals surface area contributed by atoms with E-state index in [2.05, 4.69) is 40.5 Å². The number of nitrogens with one attached hydrogen (secondary N) is 2. The van der Waals surface area contributed by atoms with E-state index in [1.807, 2.05) is 25.1 Å². The maximum atomic E-state index is 13.8. The van der Waals surface area contributed by atoms with Crippen molar-refractivity contribution >= 4 is 23.0 Å². The molecule has 0 spiro atoms. The van der Waals surface area contributed by atoms with Gasteiger partial charge >= 0.3 is 0 Å². The van der Waals surface area contributed by atoms with Gasteiger partial charge in [0.2, 0.25) is 0 Å². The van der Waals surface area contributed by atoms with Crippen molar-refractivity contribution in [3.63, 3.8) is 0 Å². The van der Waals surface area contributed by atoms with E-state index in [4.69, 9.17) is 0 Å². The molecular formula is C20H21FN4. The van der Waals surface area contributed by atoms with Gasteiger partial charge in [0.25, 0.3) is 0 Å². The number of nitrogens with zero attached hydrogens (tertiary/aromatic N) is 2. The average Bonchev–Trinajstić information content (AvgIpc) is 2.57. The molecule has 0 bridgehead atoms. The second-order valence-electron chi connectivity index (χ2n) is 6.16. The summed E-state index contributed by atoms with van der Waals surface area (Å²) in [5.41, 5.74) is 2.60. The highest BCUT2D eigenvalue weighted by Gasteiger charge is 2.09. The van der Waals surface area contributed by atoms with Crippen LogP contribution >= 0.6 is 0 Å². The van der Waals surface area contributed by atoms with Crippen molar-refractivity contribution in [2.24, 2.45) is 0 Å². The number of rotatable bonds is 5. The predicted octanol–water partition coefficient (Wildman–Crippen LogP) is 5.53. The molecule has 0 fully saturated rings. The highest BCUT2D eigenvalue weighted by Crippen LogP contribution is 2.27. The Morgan fingerprint density at radius 3 is 2.04 bits per heavy atom. The maximum Gasteiger partial charge on any atom is 0.146 e. The van der Waals surface area contributed by atoms with Crippen molar-refractivity contribution in [2.75, 3.05) is 10.6 Å². The molecule has 0 unspecified atom stereocenters. The zero-order valence-electron chi connectivity index (χ0n) is 14.5. The number of anilines is 4. The van der Waals surface area contributed by atoms with Crippen LogP contribution in [0.25, 0.3) is 0 Å². The van der Waals surface area contributed by atoms with Crippen LogP contribution in [-0.4, -0.2) is 9.97 Å². The lowest BCUT2D eigenvalue weighted by atomic mass is 10.0. The quantitative estimate of drug-likeness (QED) is 0.643. The fraction of sp³-hybridized carbons (Fsp3) is 0.200. The molecule has 128 valence electrons. The molecule has 0 saturated heterocycles. The number of aromatic nitrogens is 2. The number of hydrogen-bond acceptors (Lipinski definition) is 4. The van der Waals surface area contributed by atoms with Crippen LogP contribution in [0.5, 0.6) is 0 Å². The van der Waals surface area contributed by atoms with E-state index in [-0.39, 0.29) is 5.82 Å². The van der Waals surface area contributed by atoms with Crippen LogP contribution < -0.4 is 10.6 Å². The second-order valence-corrected chi connectivity index (χ2v) is 6.16. The van der Waals surface area contributed by atoms with Crippen LogP contribution in [-0.2, 0) is 0 Å². The topological polar surface area (TPSA) is 49.8 Å². The van der Waals surface area contributed by atoms with Crippen molar-refractivity contribution in [3.8, 4) is 0 Å². The van der Waals surface area contributed by atoms with Gasteiger partial charge in [0, 0.05) is 11.8 Å². The first-order valence-corrected chi connectivity index (χ1v) is 8.26. The lowest BCUT2D eigenvalue weighted by molar-refractivity contribution is 0.632. The Morgan fingerprint density at radius 2 is 1.40 bits per heavy atom. The van der Waals surface area contributed by atoms with E-state index < -0.39 is 0 Å². The summed E-state index contributed by atoms with van der Waals surface area (Å²) in [7, 11) is 0. The molecule has 4 nitrogen and oxygen atoms in total. The number of benzene rings is 2. The van der Waals surface area contributed by atoms with E-state index in [0.29, 0.717) is 29.1 Å². The van der Waals surface area contributed by atoms with E-state index in [1.165, 1.54) is 11.6 Å². The minimum absolute atomic E-state index is 0.321. The molecule has 0 aliphatic carbocycles. The fourth-order valence-corrected chi connectivity index (χ4v) is 2.65. The van der Waals surface area contributed by atoms with Gasteiger partial charge in [0.15, 0.2) is 0 Å². The van der Waals surface area contributed by atoms with E-state index in [0.717, 1.165) is 5.69 Å². The molecule has 1 heterocycles. The van der Waals surface area contributed by atoms with E-state index in [1.54, 1.807) is 24.3 Å². The number of hydrogen-bond donors (Lipinski definition) is 2. The Bertz CT molecular complexity index is 877. The monoisotopic (exact) mass is 336 g/mol. The third-order valence-electron chi connectivity index (χ3n) is 3.82. The first-order chi connectivity index (χ1) is 12.0. The maximum absolute atomic E-state index is 13.8. The predicted molar refractivity (Wildman–Crippen MR) is 100 cm³/mol. The third kappa shape index (κ3) is 4.12. The Kier molecular flexibility index (Phi) is 4.93. The standard InChI is InChI=1S/C20H21FN4/c1-13(2)15-8-4-6-10-17(15)24-19-12-20(23-14(3)22-19)25-18-11-7-5-9-16(18)21/h4-13H,1-3H3,(H2,22,23,24,25). The van der Waals surface area contributed by atoms with Crippen molar-refractivity contribution in [1.82, 2.24) is 9.97 Å². The molecule has 0 saturated carbocycles. The lowest BCUT2D eigenvalue weighted by Gasteiger charge is -2.15. The molecular weight excluding hydrogens is 315 g/mol. The van der Waals surface area contributed by atoms with E-state index >= 15 is 0 Å². The highest BCUT2D eigenvalue weighted by atomic mass is 19.1. The highest BCUT2D eigenvalue weighted by molar-refractivity contribution is 5.65. The summed E-state index contributed by atoms with van der Waals surface area (Å²) in [5, 5.41) is 6.36. The Labute approximate surface area is 147 Å². The van der Waals surface area contributed by atoms with Crippen LogP contribution in [0, 0.1) is 12.7 Å². The van der Waals surface area contributed by atoms with Crippen molar-refractivity contribution in [2.45, 2.75) is 26.7 Å². The molecule has 1 aromatic heterocycles. The SMILES string of the molecule is Cc1nc(Nc2ccccc2F)cc(Nc2ccccc2C(C)C)n1. The molecule has 2 N–H and O–H groups in total. The average molecular weight is 336 g/mol. The minimum Gasteiger partial charge on any atom is -0.340 e. The smallest absolute Gasteiger partial charge is 0.146 e. The summed E-state index contributed by atoms with van der Waals surface area (Å²) in [4.78, 5) is 8.78. The number of aryl methyl sites for hydroxylation is 1. The summed E-state index contributed by atoms with van der Waals surface area (Å²) in [6.07, 6.45) is 0. The second kappa shape index (κ2) is 7.30. The lowest BCUT2D eigenvalue weighted by Crippen LogP contribution is -2.04. The van der Waals surface area contributed by atoms with Crippen LogP contribution in [0.4, 0.5) is 27.4 Å². The van der Waals surface area contributed by atoms with Gasteiger partial charge in [-0.1, -0.05) is 44.2 Å². The van der Waals surface area contributed by atoms with E-state index in [9.17, 15) is 4.39 Å². The summed E-state index contributed by atoms with van der Waals surface area (Å²) >= 11 is 0. The number of halogens is 1. The van der Waals surface area contributed by atoms with Gasteiger partial charge in [-0.3, -0.25) is 0 Å². The molecule has 0 aliphatic rings. The van der Waals surface area contributed by atoms with Crippen molar-refractivity contribution < 1.29 is 4.39 Å². The molecule has 25 heavy (non-hydrogen) atoms. The normalized spacial score (nSPS) is 10.8. The Balaban J connectivity index is 1.89. The Hall–Kier alpha value is -2.95. The minimum atomic E-state index is -0.321. The first kappa shape index (κ1) is 16.9. The van der Waals surface area contributed by atoms with Crippen LogP contribution in [0.3, 0.4) is 0 Å². The first-order valence-electron chi connectivity index (χ1n) is 8.26. The van der Waals surface area contributed by atoms with Gasteiger partial charge in [-0.2, -0.15) is 0 Å². The van der Waals surface area contributed by atoms with Crippen molar-refractivity contribution in [3.05, 3.63) is 71.8 Å². The van der Waals surface area contributed by atoms with Crippen LogP contribution in [0.1, 0.15) is 31.2 Å². The summed E-state index contributed by atoms with van der Waals surface area (Å²) in [5.74, 6) is 1.88. The van der Waals surface area contributed by atoms with Gasteiger partial charge in [-0.05, 0) is 36.6 Å². The molecule has 0 amide bonds. The summed E-state index contributed by atoms with van der Waals surface area (Å²) < 4.78 is 13.8. The molecule has 0 radical (unpaired) electrons. The van der Waals surface area contributed by atoms with Crippen LogP contribution in [0.15, 0.2) is 54.6 Å². The van der Waals surface area contributed by atoms with Crippen molar-refractivity contribution in [1.29, 1.82) is 0 Å². The zero-order chi connectivity index (χ0) is 17.8. The third-order valence-corrected chi connectivity index (χ3v) is 3.82. The zero-order valence-corrected chi connectivity index (χ0v) is 14.5. The molecule has 3 aromatic rings. The molecule has 2 aromatic carbocycles. The van der Waals surface area contributed by atoms with Crippen LogP contribution in [0.2, 0.25) is 0 Å². The molecule has 0 aliphatic heterocycles. The number of para-hydroxylation sites is 2.